The molecule has 3 rings (SSSR count). The number of nitrogens with zero attached hydrogens (tertiary/aromatic N) is 4. The molecule has 1 heterocycles. The lowest BCUT2D eigenvalue weighted by atomic mass is 9.96. The molecule has 0 aliphatic heterocycles. The van der Waals surface area contributed by atoms with Gasteiger partial charge in [0, 0.05) is 19.6 Å². The first-order valence-electron chi connectivity index (χ1n) is 8.71. The summed E-state index contributed by atoms with van der Waals surface area (Å²) >= 11 is 0. The predicted octanol–water partition coefficient (Wildman–Crippen LogP) is 2.94. The molecular weight excluding hydrogens is 427 g/mol. The molecule has 25 heavy (non-hydrogen) atoms. The molecule has 0 unspecified atom stereocenters. The number of hydrogen-bond acceptors (Lipinski definition) is 3. The molecule has 2 aromatic rings. The fourth-order valence-corrected chi connectivity index (χ4v) is 3.16. The summed E-state index contributed by atoms with van der Waals surface area (Å²) in [5.74, 6) is 0.892. The monoisotopic (exact) mass is 454 g/mol. The molecule has 1 fully saturated rings. The molecule has 1 aliphatic carbocycles. The molecule has 1 aliphatic rings. The first-order chi connectivity index (χ1) is 11.8. The van der Waals surface area contributed by atoms with Gasteiger partial charge in [-0.15, -0.1) is 24.0 Å². The van der Waals surface area contributed by atoms with Crippen LogP contribution in [-0.2, 0) is 13.1 Å². The average Bonchev–Trinajstić information content (AvgIpc) is 3.13. The molecule has 1 saturated carbocycles. The number of rotatable bonds is 5. The van der Waals surface area contributed by atoms with Gasteiger partial charge < -0.3 is 10.6 Å². The maximum atomic E-state index is 4.35. The standard InChI is InChI=1S/C18H26N6.HI/c1-19-18(23-17-8-3-2-4-9-17)21-11-15-6-5-7-16(10-15)12-24-14-20-13-22-24;/h5-7,10,13-14,17H,2-4,8-9,11-12H2,1H3,(H2,19,21,23);1H. The maximum absolute atomic E-state index is 4.35. The molecule has 0 radical (unpaired) electrons. The number of benzene rings is 1. The second-order valence-corrected chi connectivity index (χ2v) is 6.32. The van der Waals surface area contributed by atoms with Gasteiger partial charge in [0.2, 0.25) is 0 Å². The van der Waals surface area contributed by atoms with Gasteiger partial charge in [0.05, 0.1) is 6.54 Å². The van der Waals surface area contributed by atoms with Crippen LogP contribution in [0.2, 0.25) is 0 Å². The highest BCUT2D eigenvalue weighted by molar-refractivity contribution is 14.0. The normalized spacial score (nSPS) is 15.5. The lowest BCUT2D eigenvalue weighted by Gasteiger charge is -2.25. The summed E-state index contributed by atoms with van der Waals surface area (Å²) in [6, 6.07) is 9.08. The third-order valence-corrected chi connectivity index (χ3v) is 4.43. The van der Waals surface area contributed by atoms with Gasteiger partial charge in [-0.2, -0.15) is 5.10 Å². The van der Waals surface area contributed by atoms with E-state index in [0.29, 0.717) is 6.04 Å². The highest BCUT2D eigenvalue weighted by Crippen LogP contribution is 2.17. The van der Waals surface area contributed by atoms with E-state index in [-0.39, 0.29) is 24.0 Å². The molecule has 0 spiro atoms. The predicted molar refractivity (Wildman–Crippen MR) is 111 cm³/mol. The quantitative estimate of drug-likeness (QED) is 0.414. The maximum Gasteiger partial charge on any atom is 0.191 e. The van der Waals surface area contributed by atoms with E-state index in [4.69, 9.17) is 0 Å². The lowest BCUT2D eigenvalue weighted by Crippen LogP contribution is -2.43. The van der Waals surface area contributed by atoms with Crippen molar-refractivity contribution in [1.82, 2.24) is 25.4 Å². The van der Waals surface area contributed by atoms with E-state index in [2.05, 4.69) is 50.0 Å². The van der Waals surface area contributed by atoms with Crippen LogP contribution in [0.5, 0.6) is 0 Å². The second-order valence-electron chi connectivity index (χ2n) is 6.32. The first kappa shape index (κ1) is 19.7. The molecule has 0 saturated heterocycles. The van der Waals surface area contributed by atoms with Crippen molar-refractivity contribution in [2.24, 2.45) is 4.99 Å². The van der Waals surface area contributed by atoms with E-state index in [1.807, 2.05) is 11.7 Å². The van der Waals surface area contributed by atoms with Crippen LogP contribution in [0.15, 0.2) is 41.9 Å². The minimum Gasteiger partial charge on any atom is -0.354 e. The van der Waals surface area contributed by atoms with Crippen molar-refractivity contribution in [2.75, 3.05) is 7.05 Å². The van der Waals surface area contributed by atoms with Crippen molar-refractivity contribution in [3.8, 4) is 0 Å². The molecule has 7 heteroatoms. The third kappa shape index (κ3) is 6.30. The zero-order chi connectivity index (χ0) is 16.6. The molecule has 6 nitrogen and oxygen atoms in total. The molecule has 136 valence electrons. The average molecular weight is 454 g/mol. The molecule has 2 N–H and O–H groups in total. The SMILES string of the molecule is CN=C(NCc1cccc(Cn2cncn2)c1)NC1CCCCC1.I. The number of halogens is 1. The van der Waals surface area contributed by atoms with E-state index < -0.39 is 0 Å². The zero-order valence-electron chi connectivity index (χ0n) is 14.7. The second kappa shape index (κ2) is 10.4. The van der Waals surface area contributed by atoms with Gasteiger partial charge in [-0.25, -0.2) is 9.67 Å². The fourth-order valence-electron chi connectivity index (χ4n) is 3.16. The van der Waals surface area contributed by atoms with Gasteiger partial charge in [0.25, 0.3) is 0 Å². The van der Waals surface area contributed by atoms with Crippen molar-refractivity contribution >= 4 is 29.9 Å². The Bertz CT molecular complexity index is 649. The largest absolute Gasteiger partial charge is 0.354 e. The Morgan fingerprint density at radius 3 is 2.76 bits per heavy atom. The van der Waals surface area contributed by atoms with Gasteiger partial charge in [0.15, 0.2) is 5.96 Å². The van der Waals surface area contributed by atoms with Gasteiger partial charge in [-0.05, 0) is 24.0 Å². The smallest absolute Gasteiger partial charge is 0.191 e. The zero-order valence-corrected chi connectivity index (χ0v) is 17.0. The molecule has 1 aromatic carbocycles. The van der Waals surface area contributed by atoms with Crippen molar-refractivity contribution in [1.29, 1.82) is 0 Å². The minimum atomic E-state index is 0. The first-order valence-corrected chi connectivity index (χ1v) is 8.71. The van der Waals surface area contributed by atoms with E-state index in [1.54, 1.807) is 12.7 Å². The highest BCUT2D eigenvalue weighted by atomic mass is 127. The molecular formula is C18H27IN6. The van der Waals surface area contributed by atoms with E-state index in [9.17, 15) is 0 Å². The van der Waals surface area contributed by atoms with Crippen LogP contribution >= 0.6 is 24.0 Å². The van der Waals surface area contributed by atoms with Crippen molar-refractivity contribution in [2.45, 2.75) is 51.2 Å². The number of nitrogens with one attached hydrogen (secondary N) is 2. The fraction of sp³-hybridized carbons (Fsp3) is 0.500. The van der Waals surface area contributed by atoms with Crippen molar-refractivity contribution < 1.29 is 0 Å². The third-order valence-electron chi connectivity index (χ3n) is 4.43. The number of guanidine groups is 1. The van der Waals surface area contributed by atoms with Gasteiger partial charge >= 0.3 is 0 Å². The van der Waals surface area contributed by atoms with Crippen LogP contribution in [0.1, 0.15) is 43.2 Å². The minimum absolute atomic E-state index is 0. The van der Waals surface area contributed by atoms with Crippen LogP contribution in [0, 0.1) is 0 Å². The Hall–Kier alpha value is -1.64. The molecule has 0 amide bonds. The van der Waals surface area contributed by atoms with E-state index >= 15 is 0 Å². The van der Waals surface area contributed by atoms with E-state index in [0.717, 1.165) is 19.0 Å². The van der Waals surface area contributed by atoms with Crippen molar-refractivity contribution in [3.05, 3.63) is 48.0 Å². The van der Waals surface area contributed by atoms with Crippen molar-refractivity contribution in [3.63, 3.8) is 0 Å². The summed E-state index contributed by atoms with van der Waals surface area (Å²) in [6.45, 7) is 1.50. The topological polar surface area (TPSA) is 67.1 Å². The summed E-state index contributed by atoms with van der Waals surface area (Å²) < 4.78 is 1.83. The van der Waals surface area contributed by atoms with Crippen LogP contribution < -0.4 is 10.6 Å². The van der Waals surface area contributed by atoms with E-state index in [1.165, 1.54) is 43.2 Å². The number of aromatic nitrogens is 3. The Balaban J connectivity index is 0.00000225. The van der Waals surface area contributed by atoms with Gasteiger partial charge in [-0.3, -0.25) is 4.99 Å². The summed E-state index contributed by atoms with van der Waals surface area (Å²) in [4.78, 5) is 8.33. The number of hydrogen-bond donors (Lipinski definition) is 2. The summed E-state index contributed by atoms with van der Waals surface area (Å²) in [7, 11) is 1.83. The highest BCUT2D eigenvalue weighted by Gasteiger charge is 2.14. The molecule has 0 atom stereocenters. The Morgan fingerprint density at radius 1 is 1.24 bits per heavy atom. The number of aliphatic imine (C=N–C) groups is 1. The van der Waals surface area contributed by atoms with Gasteiger partial charge in [-0.1, -0.05) is 43.5 Å². The Morgan fingerprint density at radius 2 is 2.04 bits per heavy atom. The lowest BCUT2D eigenvalue weighted by molar-refractivity contribution is 0.410. The Kier molecular flexibility index (Phi) is 8.17. The Labute approximate surface area is 166 Å². The molecule has 0 bridgehead atoms. The summed E-state index contributed by atoms with van der Waals surface area (Å²) in [6.07, 6.45) is 9.79. The summed E-state index contributed by atoms with van der Waals surface area (Å²) in [5.41, 5.74) is 2.45. The van der Waals surface area contributed by atoms with Crippen LogP contribution in [0.4, 0.5) is 0 Å². The van der Waals surface area contributed by atoms with Crippen LogP contribution in [0.3, 0.4) is 0 Å². The molecule has 1 aromatic heterocycles. The summed E-state index contributed by atoms with van der Waals surface area (Å²) in [5, 5.41) is 11.1. The van der Waals surface area contributed by atoms with Crippen LogP contribution in [0.25, 0.3) is 0 Å². The van der Waals surface area contributed by atoms with Gasteiger partial charge in [0.1, 0.15) is 12.7 Å². The van der Waals surface area contributed by atoms with Crippen LogP contribution in [-0.4, -0.2) is 33.8 Å².